The molecule has 36 heavy (non-hydrogen) atoms. The van der Waals surface area contributed by atoms with Crippen LogP contribution in [0.25, 0.3) is 0 Å². The van der Waals surface area contributed by atoms with Crippen molar-refractivity contribution in [1.82, 2.24) is 21.3 Å². The molecule has 1 aliphatic rings. The topological polar surface area (TPSA) is 135 Å². The Labute approximate surface area is 206 Å². The van der Waals surface area contributed by atoms with Crippen LogP contribution in [-0.4, -0.2) is 69.6 Å². The lowest BCUT2D eigenvalue weighted by Gasteiger charge is -2.34. The maximum atomic E-state index is 12.7. The van der Waals surface area contributed by atoms with E-state index in [-0.39, 0.29) is 58.3 Å². The maximum absolute atomic E-state index is 12.7. The number of rotatable bonds is 16. The third-order valence-electron chi connectivity index (χ3n) is 5.46. The molecule has 1 aromatic rings. The summed E-state index contributed by atoms with van der Waals surface area (Å²) in [4.78, 5) is 48.9. The number of ether oxygens (including phenoxy) is 2. The summed E-state index contributed by atoms with van der Waals surface area (Å²) in [5, 5.41) is 8.39. The lowest BCUT2D eigenvalue weighted by atomic mass is 9.73. The van der Waals surface area contributed by atoms with Gasteiger partial charge in [-0.15, -0.1) is 0 Å². The Balaban J connectivity index is 1.59. The molecule has 0 unspecified atom stereocenters. The van der Waals surface area contributed by atoms with Crippen molar-refractivity contribution in [3.8, 4) is 0 Å². The van der Waals surface area contributed by atoms with Gasteiger partial charge in [0.1, 0.15) is 0 Å². The molecule has 0 aromatic heterocycles. The summed E-state index contributed by atoms with van der Waals surface area (Å²) in [5.74, 6) is -1.50. The van der Waals surface area contributed by atoms with Gasteiger partial charge < -0.3 is 14.8 Å². The molecule has 1 heterocycles. The highest BCUT2D eigenvalue weighted by atomic mass is 19.4. The number of unbranched alkanes of at least 4 members (excludes halogenated alkanes) is 2. The van der Waals surface area contributed by atoms with Crippen LogP contribution in [0.3, 0.4) is 0 Å². The van der Waals surface area contributed by atoms with E-state index >= 15 is 0 Å². The van der Waals surface area contributed by atoms with Crippen molar-refractivity contribution < 1.29 is 41.8 Å². The average Bonchev–Trinajstić information content (AvgIpc) is 2.81. The van der Waals surface area contributed by atoms with Crippen molar-refractivity contribution in [2.24, 2.45) is 0 Å². The molecule has 0 aliphatic carbocycles. The van der Waals surface area contributed by atoms with Gasteiger partial charge in [0.25, 0.3) is 0 Å². The Morgan fingerprint density at radius 3 is 2.08 bits per heavy atom. The lowest BCUT2D eigenvalue weighted by molar-refractivity contribution is -0.159. The average molecular weight is 517 g/mol. The molecule has 1 aromatic carbocycles. The predicted molar refractivity (Wildman–Crippen MR) is 122 cm³/mol. The van der Waals surface area contributed by atoms with Crippen molar-refractivity contribution in [3.05, 3.63) is 35.9 Å². The van der Waals surface area contributed by atoms with Gasteiger partial charge in [-0.1, -0.05) is 43.2 Å². The smallest absolute Gasteiger partial charge is 0.378 e. The highest BCUT2D eigenvalue weighted by molar-refractivity contribution is 6.22. The molecule has 0 bridgehead atoms. The molecule has 2 rings (SSSR count). The van der Waals surface area contributed by atoms with Crippen LogP contribution in [0.5, 0.6) is 0 Å². The molecule has 1 aliphatic heterocycles. The summed E-state index contributed by atoms with van der Waals surface area (Å²) in [6.45, 7) is 0.408. The first kappa shape index (κ1) is 29.2. The Morgan fingerprint density at radius 2 is 1.47 bits per heavy atom. The fourth-order valence-corrected chi connectivity index (χ4v) is 3.70. The lowest BCUT2D eigenvalue weighted by Crippen LogP contribution is -2.64. The number of halogens is 3. The maximum Gasteiger partial charge on any atom is 0.457 e. The molecule has 1 saturated heterocycles. The standard InChI is InChI=1S/C23H31F3N4O6/c24-23(25,26)28-12-14-36-16-15-35-13-11-27-18(31)9-5-2-6-10-22(17-7-3-1-4-8-17)19(32)29-21(34)30-20(22)33/h1,3-4,7-8,28H,2,5-6,9-16H2,(H,27,31)(H2,29,30,32,33,34). The molecule has 0 saturated carbocycles. The van der Waals surface area contributed by atoms with Gasteiger partial charge in [-0.3, -0.25) is 25.0 Å². The van der Waals surface area contributed by atoms with E-state index in [1.807, 2.05) is 0 Å². The Bertz CT molecular complexity index is 862. The molecule has 1 fully saturated rings. The van der Waals surface area contributed by atoms with Gasteiger partial charge in [-0.05, 0) is 18.4 Å². The Hall–Kier alpha value is -3.03. The normalized spacial score (nSPS) is 15.4. The molecule has 200 valence electrons. The number of carbonyl (C=O) groups is 4. The van der Waals surface area contributed by atoms with E-state index < -0.39 is 29.6 Å². The minimum absolute atomic E-state index is 0.0977. The molecule has 0 spiro atoms. The second-order valence-corrected chi connectivity index (χ2v) is 8.07. The number of imide groups is 2. The van der Waals surface area contributed by atoms with Crippen LogP contribution >= 0.6 is 0 Å². The largest absolute Gasteiger partial charge is 0.457 e. The summed E-state index contributed by atoms with van der Waals surface area (Å²) >= 11 is 0. The van der Waals surface area contributed by atoms with Gasteiger partial charge in [-0.2, -0.15) is 13.2 Å². The summed E-state index contributed by atoms with van der Waals surface area (Å²) < 4.78 is 45.9. The number of benzene rings is 1. The number of urea groups is 1. The van der Waals surface area contributed by atoms with Gasteiger partial charge in [0, 0.05) is 19.5 Å². The number of carbonyl (C=O) groups excluding carboxylic acids is 4. The highest BCUT2D eigenvalue weighted by Gasteiger charge is 2.51. The second-order valence-electron chi connectivity index (χ2n) is 8.07. The van der Waals surface area contributed by atoms with E-state index in [9.17, 15) is 32.3 Å². The number of alkyl halides is 3. The highest BCUT2D eigenvalue weighted by Crippen LogP contribution is 2.33. The zero-order valence-electron chi connectivity index (χ0n) is 19.7. The molecule has 13 heteroatoms. The quantitative estimate of drug-likeness (QED) is 0.149. The van der Waals surface area contributed by atoms with Gasteiger partial charge >= 0.3 is 12.3 Å². The van der Waals surface area contributed by atoms with Crippen molar-refractivity contribution in [2.75, 3.05) is 39.5 Å². The van der Waals surface area contributed by atoms with Crippen LogP contribution in [0.15, 0.2) is 30.3 Å². The fourth-order valence-electron chi connectivity index (χ4n) is 3.70. The third kappa shape index (κ3) is 9.55. The van der Waals surface area contributed by atoms with E-state index in [0.717, 1.165) is 0 Å². The number of nitrogens with one attached hydrogen (secondary N) is 4. The molecule has 4 N–H and O–H groups in total. The summed E-state index contributed by atoms with van der Waals surface area (Å²) in [5.41, 5.74) is -1.01. The summed E-state index contributed by atoms with van der Waals surface area (Å²) in [6.07, 6.45) is -2.37. The Morgan fingerprint density at radius 1 is 0.861 bits per heavy atom. The molecule has 0 radical (unpaired) electrons. The number of hydrogen-bond donors (Lipinski definition) is 4. The van der Waals surface area contributed by atoms with E-state index in [4.69, 9.17) is 9.47 Å². The monoisotopic (exact) mass is 516 g/mol. The Kier molecular flexibility index (Phi) is 11.8. The van der Waals surface area contributed by atoms with Crippen LogP contribution in [-0.2, 0) is 29.3 Å². The van der Waals surface area contributed by atoms with Crippen LogP contribution in [0.2, 0.25) is 0 Å². The SMILES string of the molecule is O=C(CCCCCC1(c2ccccc2)C(=O)NC(=O)NC1=O)NCCOCCOCCNC(F)(F)F. The molecular formula is C23H31F3N4O6. The van der Waals surface area contributed by atoms with Crippen LogP contribution < -0.4 is 21.3 Å². The molecular weight excluding hydrogens is 485 g/mol. The van der Waals surface area contributed by atoms with Crippen LogP contribution in [0, 0.1) is 0 Å². The van der Waals surface area contributed by atoms with Crippen molar-refractivity contribution in [2.45, 2.75) is 43.8 Å². The summed E-state index contributed by atoms with van der Waals surface area (Å²) in [7, 11) is 0. The van der Waals surface area contributed by atoms with Gasteiger partial charge in [-0.25, -0.2) is 10.1 Å². The zero-order chi connectivity index (χ0) is 26.4. The van der Waals surface area contributed by atoms with E-state index in [1.54, 1.807) is 30.3 Å². The summed E-state index contributed by atoms with van der Waals surface area (Å²) in [6, 6.07) is 7.68. The predicted octanol–water partition coefficient (Wildman–Crippen LogP) is 1.50. The minimum atomic E-state index is -4.42. The van der Waals surface area contributed by atoms with E-state index in [0.29, 0.717) is 24.8 Å². The van der Waals surface area contributed by atoms with E-state index in [2.05, 4.69) is 16.0 Å². The van der Waals surface area contributed by atoms with Crippen molar-refractivity contribution >= 4 is 23.8 Å². The third-order valence-corrected chi connectivity index (χ3v) is 5.46. The first-order chi connectivity index (χ1) is 17.1. The molecule has 0 atom stereocenters. The van der Waals surface area contributed by atoms with Gasteiger partial charge in [0.05, 0.1) is 26.4 Å². The number of hydrogen-bond acceptors (Lipinski definition) is 7. The first-order valence-corrected chi connectivity index (χ1v) is 11.6. The van der Waals surface area contributed by atoms with Crippen LogP contribution in [0.4, 0.5) is 18.0 Å². The molecule has 5 amide bonds. The van der Waals surface area contributed by atoms with Gasteiger partial charge in [0.15, 0.2) is 5.41 Å². The fraction of sp³-hybridized carbons (Fsp3) is 0.565. The second kappa shape index (κ2) is 14.5. The zero-order valence-corrected chi connectivity index (χ0v) is 19.7. The van der Waals surface area contributed by atoms with Crippen LogP contribution in [0.1, 0.15) is 37.7 Å². The number of amides is 5. The first-order valence-electron chi connectivity index (χ1n) is 11.6. The van der Waals surface area contributed by atoms with Crippen molar-refractivity contribution in [1.29, 1.82) is 0 Å². The van der Waals surface area contributed by atoms with Crippen molar-refractivity contribution in [3.63, 3.8) is 0 Å². The molecule has 10 nitrogen and oxygen atoms in total. The number of barbiturate groups is 1. The van der Waals surface area contributed by atoms with E-state index in [1.165, 1.54) is 5.32 Å². The van der Waals surface area contributed by atoms with Gasteiger partial charge in [0.2, 0.25) is 17.7 Å². The minimum Gasteiger partial charge on any atom is -0.378 e.